The van der Waals surface area contributed by atoms with Gasteiger partial charge in [0.25, 0.3) is 0 Å². The number of hydrogen-bond donors (Lipinski definition) is 0. The molecule has 0 bridgehead atoms. The van der Waals surface area contributed by atoms with Gasteiger partial charge in [0.05, 0.1) is 0 Å². The molecule has 82 valence electrons. The normalized spacial score (nSPS) is 16.8. The van der Waals surface area contributed by atoms with Crippen molar-refractivity contribution in [3.63, 3.8) is 0 Å². The lowest BCUT2D eigenvalue weighted by Crippen LogP contribution is -2.03. The fourth-order valence-corrected chi connectivity index (χ4v) is 1.74. The second kappa shape index (κ2) is 5.31. The number of hydrogen-bond acceptors (Lipinski definition) is 1. The zero-order valence-corrected chi connectivity index (χ0v) is 9.17. The minimum atomic E-state index is 0.641. The Labute approximate surface area is 95.8 Å². The first kappa shape index (κ1) is 10.7. The van der Waals surface area contributed by atoms with Crippen LogP contribution in [0.15, 0.2) is 48.6 Å². The van der Waals surface area contributed by atoms with E-state index >= 15 is 0 Å². The van der Waals surface area contributed by atoms with E-state index < -0.39 is 0 Å². The van der Waals surface area contributed by atoms with Crippen molar-refractivity contribution in [2.75, 3.05) is 6.54 Å². The Balaban J connectivity index is 1.95. The standard InChI is InChI=1S/C14H15NO/c16-15-12-6-11-14(15)10-5-4-9-13-7-2-1-3-8-13/h1-5,7-10H,6,11-12H2/b9-4-,10-5+. The van der Waals surface area contributed by atoms with Crippen LogP contribution in [0.1, 0.15) is 18.4 Å². The maximum atomic E-state index is 11.2. The molecule has 0 saturated heterocycles. The third-order valence-corrected chi connectivity index (χ3v) is 2.60. The zero-order valence-electron chi connectivity index (χ0n) is 9.17. The molecule has 1 aliphatic heterocycles. The molecule has 1 heterocycles. The SMILES string of the molecule is [O-][N+]1=C(/C=C/C=C\c2ccccc2)CCC1. The van der Waals surface area contributed by atoms with Crippen molar-refractivity contribution < 1.29 is 4.74 Å². The molecule has 0 aliphatic carbocycles. The summed E-state index contributed by atoms with van der Waals surface area (Å²) in [7, 11) is 0. The zero-order chi connectivity index (χ0) is 11.2. The molecule has 0 amide bonds. The minimum absolute atomic E-state index is 0.641. The van der Waals surface area contributed by atoms with E-state index in [-0.39, 0.29) is 0 Å². The molecule has 0 aromatic heterocycles. The summed E-state index contributed by atoms with van der Waals surface area (Å²) >= 11 is 0. The molecule has 1 aromatic carbocycles. The summed E-state index contributed by atoms with van der Waals surface area (Å²) in [6.45, 7) is 0.641. The van der Waals surface area contributed by atoms with Gasteiger partial charge in [-0.1, -0.05) is 48.6 Å². The van der Waals surface area contributed by atoms with Crippen molar-refractivity contribution in [1.29, 1.82) is 0 Å². The van der Waals surface area contributed by atoms with Crippen LogP contribution in [0.25, 0.3) is 6.08 Å². The van der Waals surface area contributed by atoms with E-state index in [1.807, 2.05) is 54.6 Å². The molecule has 0 spiro atoms. The molecular formula is C14H15NO. The minimum Gasteiger partial charge on any atom is -0.624 e. The predicted molar refractivity (Wildman–Crippen MR) is 67.4 cm³/mol. The number of rotatable bonds is 3. The van der Waals surface area contributed by atoms with Crippen LogP contribution < -0.4 is 0 Å². The molecule has 0 radical (unpaired) electrons. The second-order valence-electron chi connectivity index (χ2n) is 3.83. The van der Waals surface area contributed by atoms with Gasteiger partial charge in [-0.25, -0.2) is 4.74 Å². The fraction of sp³-hybridized carbons (Fsp3) is 0.214. The first-order chi connectivity index (χ1) is 7.86. The second-order valence-corrected chi connectivity index (χ2v) is 3.83. The number of nitrogens with zero attached hydrogens (tertiary/aromatic N) is 1. The lowest BCUT2D eigenvalue weighted by molar-refractivity contribution is -0.447. The molecule has 0 saturated carbocycles. The van der Waals surface area contributed by atoms with Crippen LogP contribution in [0.2, 0.25) is 0 Å². The van der Waals surface area contributed by atoms with Gasteiger partial charge in [-0.05, 0) is 5.56 Å². The highest BCUT2D eigenvalue weighted by Gasteiger charge is 2.13. The summed E-state index contributed by atoms with van der Waals surface area (Å²) in [6.07, 6.45) is 9.71. The van der Waals surface area contributed by atoms with E-state index in [0.717, 1.165) is 23.3 Å². The first-order valence-electron chi connectivity index (χ1n) is 5.56. The van der Waals surface area contributed by atoms with E-state index in [1.54, 1.807) is 0 Å². The van der Waals surface area contributed by atoms with Gasteiger partial charge < -0.3 is 5.21 Å². The van der Waals surface area contributed by atoms with Gasteiger partial charge in [0.2, 0.25) is 0 Å². The molecule has 2 rings (SSSR count). The largest absolute Gasteiger partial charge is 0.624 e. The first-order valence-corrected chi connectivity index (χ1v) is 5.56. The van der Waals surface area contributed by atoms with Gasteiger partial charge in [0, 0.05) is 18.9 Å². The third kappa shape index (κ3) is 2.83. The Hall–Kier alpha value is -1.83. The highest BCUT2D eigenvalue weighted by Crippen LogP contribution is 2.05. The Morgan fingerprint density at radius 1 is 1.06 bits per heavy atom. The highest BCUT2D eigenvalue weighted by molar-refractivity contribution is 5.91. The Morgan fingerprint density at radius 3 is 2.50 bits per heavy atom. The molecule has 2 heteroatoms. The summed E-state index contributed by atoms with van der Waals surface area (Å²) in [5, 5.41) is 11.2. The summed E-state index contributed by atoms with van der Waals surface area (Å²) in [6, 6.07) is 10.1. The van der Waals surface area contributed by atoms with E-state index in [4.69, 9.17) is 0 Å². The van der Waals surface area contributed by atoms with Gasteiger partial charge in [0.1, 0.15) is 0 Å². The topological polar surface area (TPSA) is 26.1 Å². The highest BCUT2D eigenvalue weighted by atomic mass is 16.5. The van der Waals surface area contributed by atoms with Crippen molar-refractivity contribution >= 4 is 11.8 Å². The maximum Gasteiger partial charge on any atom is 0.187 e. The van der Waals surface area contributed by atoms with E-state index in [0.29, 0.717) is 6.54 Å². The molecule has 1 aliphatic rings. The average Bonchev–Trinajstić information content (AvgIpc) is 2.72. The van der Waals surface area contributed by atoms with Crippen molar-refractivity contribution in [2.45, 2.75) is 12.8 Å². The molecule has 0 atom stereocenters. The molecule has 0 fully saturated rings. The number of benzene rings is 1. The Kier molecular flexibility index (Phi) is 3.54. The maximum absolute atomic E-state index is 11.2. The molecule has 2 nitrogen and oxygen atoms in total. The molecule has 16 heavy (non-hydrogen) atoms. The summed E-state index contributed by atoms with van der Waals surface area (Å²) < 4.78 is 1.08. The van der Waals surface area contributed by atoms with Crippen LogP contribution >= 0.6 is 0 Å². The van der Waals surface area contributed by atoms with Gasteiger partial charge >= 0.3 is 0 Å². The lowest BCUT2D eigenvalue weighted by atomic mass is 10.2. The van der Waals surface area contributed by atoms with E-state index in [2.05, 4.69) is 0 Å². The van der Waals surface area contributed by atoms with Gasteiger partial charge in [0.15, 0.2) is 12.3 Å². The third-order valence-electron chi connectivity index (χ3n) is 2.60. The van der Waals surface area contributed by atoms with E-state index in [9.17, 15) is 5.21 Å². The van der Waals surface area contributed by atoms with Crippen molar-refractivity contribution in [3.05, 3.63) is 59.3 Å². The summed E-state index contributed by atoms with van der Waals surface area (Å²) in [5.74, 6) is 0. The molecule has 1 aromatic rings. The lowest BCUT2D eigenvalue weighted by Gasteiger charge is -1.96. The van der Waals surface area contributed by atoms with Gasteiger partial charge in [-0.2, -0.15) is 0 Å². The molecular weight excluding hydrogens is 198 g/mol. The van der Waals surface area contributed by atoms with Crippen LogP contribution in [-0.2, 0) is 0 Å². The van der Waals surface area contributed by atoms with Gasteiger partial charge in [-0.3, -0.25) is 0 Å². The molecule has 0 unspecified atom stereocenters. The predicted octanol–water partition coefficient (Wildman–Crippen LogP) is 3.00. The van der Waals surface area contributed by atoms with Crippen LogP contribution in [-0.4, -0.2) is 17.0 Å². The van der Waals surface area contributed by atoms with Crippen molar-refractivity contribution in [3.8, 4) is 0 Å². The summed E-state index contributed by atoms with van der Waals surface area (Å²) in [4.78, 5) is 0. The fourth-order valence-electron chi connectivity index (χ4n) is 1.74. The Morgan fingerprint density at radius 2 is 1.81 bits per heavy atom. The smallest absolute Gasteiger partial charge is 0.187 e. The van der Waals surface area contributed by atoms with Crippen LogP contribution in [0.3, 0.4) is 0 Å². The van der Waals surface area contributed by atoms with Gasteiger partial charge in [-0.15, -0.1) is 0 Å². The van der Waals surface area contributed by atoms with E-state index in [1.165, 1.54) is 5.56 Å². The summed E-state index contributed by atoms with van der Waals surface area (Å²) in [5.41, 5.74) is 2.06. The van der Waals surface area contributed by atoms with Crippen LogP contribution in [0, 0.1) is 5.21 Å². The molecule has 0 N–H and O–H groups in total. The number of allylic oxidation sites excluding steroid dienone is 3. The van der Waals surface area contributed by atoms with Crippen LogP contribution in [0.4, 0.5) is 0 Å². The number of hydroxylamine groups is 1. The van der Waals surface area contributed by atoms with Crippen molar-refractivity contribution in [2.24, 2.45) is 0 Å². The average molecular weight is 213 g/mol. The quantitative estimate of drug-likeness (QED) is 0.430. The van der Waals surface area contributed by atoms with Crippen molar-refractivity contribution in [1.82, 2.24) is 0 Å². The van der Waals surface area contributed by atoms with Crippen LogP contribution in [0.5, 0.6) is 0 Å². The monoisotopic (exact) mass is 213 g/mol. The Bertz CT molecular complexity index is 429.